The molecule has 0 heterocycles. The van der Waals surface area contributed by atoms with Crippen molar-refractivity contribution in [1.29, 1.82) is 0 Å². The standard InChI is InChI=1S/C19H22N2O5S/c1-13(22)3-2-4-16-11-17(9-10-18(16)20)27(25,26)21-12-14-5-7-15(8-6-14)19(23)24/h5-11,21H,2-4,12,20H2,1H3,(H,23,24). The summed E-state index contributed by atoms with van der Waals surface area (Å²) in [6, 6.07) is 10.4. The van der Waals surface area contributed by atoms with Gasteiger partial charge in [-0.2, -0.15) is 0 Å². The Kier molecular flexibility index (Phi) is 6.70. The second-order valence-corrected chi connectivity index (χ2v) is 8.01. The number of Topliss-reactive ketones (excluding diaryl/α,β-unsaturated/α-hetero) is 1. The van der Waals surface area contributed by atoms with E-state index >= 15 is 0 Å². The van der Waals surface area contributed by atoms with Crippen molar-refractivity contribution in [1.82, 2.24) is 4.72 Å². The van der Waals surface area contributed by atoms with Gasteiger partial charge in [0.25, 0.3) is 0 Å². The molecule has 0 fully saturated rings. The van der Waals surface area contributed by atoms with E-state index in [1.807, 2.05) is 0 Å². The Labute approximate surface area is 158 Å². The molecule has 2 rings (SSSR count). The summed E-state index contributed by atoms with van der Waals surface area (Å²) in [7, 11) is -3.75. The number of ketones is 1. The van der Waals surface area contributed by atoms with Crippen LogP contribution in [0.15, 0.2) is 47.4 Å². The molecular weight excluding hydrogens is 368 g/mol. The number of sulfonamides is 1. The third kappa shape index (κ3) is 5.90. The van der Waals surface area contributed by atoms with Gasteiger partial charge in [0.05, 0.1) is 10.5 Å². The fourth-order valence-electron chi connectivity index (χ4n) is 2.52. The molecular formula is C19H22N2O5S. The molecule has 0 aliphatic heterocycles. The lowest BCUT2D eigenvalue weighted by molar-refractivity contribution is -0.117. The number of aromatic carboxylic acids is 1. The number of nitrogen functional groups attached to an aromatic ring is 1. The van der Waals surface area contributed by atoms with Crippen LogP contribution >= 0.6 is 0 Å². The van der Waals surface area contributed by atoms with E-state index in [1.54, 1.807) is 18.2 Å². The highest BCUT2D eigenvalue weighted by Gasteiger charge is 2.15. The highest BCUT2D eigenvalue weighted by atomic mass is 32.2. The lowest BCUT2D eigenvalue weighted by atomic mass is 10.1. The number of benzene rings is 2. The van der Waals surface area contributed by atoms with Gasteiger partial charge in [-0.15, -0.1) is 0 Å². The third-order valence-corrected chi connectivity index (χ3v) is 5.47. The number of carboxylic acids is 1. The molecule has 2 aromatic rings. The average molecular weight is 390 g/mol. The van der Waals surface area contributed by atoms with Gasteiger partial charge in [-0.05, 0) is 61.2 Å². The molecule has 0 spiro atoms. The number of anilines is 1. The fourth-order valence-corrected chi connectivity index (χ4v) is 3.59. The van der Waals surface area contributed by atoms with Gasteiger partial charge in [-0.3, -0.25) is 0 Å². The van der Waals surface area contributed by atoms with Gasteiger partial charge in [0.2, 0.25) is 10.0 Å². The molecule has 0 aliphatic carbocycles. The largest absolute Gasteiger partial charge is 0.478 e. The van der Waals surface area contributed by atoms with Gasteiger partial charge < -0.3 is 15.6 Å². The third-order valence-electron chi connectivity index (χ3n) is 4.07. The fraction of sp³-hybridized carbons (Fsp3) is 0.263. The lowest BCUT2D eigenvalue weighted by Crippen LogP contribution is -2.23. The molecule has 27 heavy (non-hydrogen) atoms. The molecule has 0 bridgehead atoms. The van der Waals surface area contributed by atoms with Crippen LogP contribution in [0.1, 0.15) is 41.3 Å². The topological polar surface area (TPSA) is 127 Å². The maximum Gasteiger partial charge on any atom is 0.335 e. The molecule has 0 aliphatic rings. The summed E-state index contributed by atoms with van der Waals surface area (Å²) in [5, 5.41) is 8.88. The Morgan fingerprint density at radius 1 is 1.11 bits per heavy atom. The number of nitrogens with two attached hydrogens (primary N) is 1. The van der Waals surface area contributed by atoms with Crippen LogP contribution in [0.25, 0.3) is 0 Å². The van der Waals surface area contributed by atoms with E-state index in [4.69, 9.17) is 10.8 Å². The van der Waals surface area contributed by atoms with Gasteiger partial charge in [0, 0.05) is 18.7 Å². The average Bonchev–Trinajstić information content (AvgIpc) is 2.61. The molecule has 0 saturated carbocycles. The minimum absolute atomic E-state index is 0.0340. The Balaban J connectivity index is 2.09. The van der Waals surface area contributed by atoms with Crippen LogP contribution in [0.4, 0.5) is 5.69 Å². The molecule has 8 heteroatoms. The first-order valence-corrected chi connectivity index (χ1v) is 9.87. The Morgan fingerprint density at radius 2 is 1.78 bits per heavy atom. The number of rotatable bonds is 9. The summed E-state index contributed by atoms with van der Waals surface area (Å²) in [5.41, 5.74) is 7.85. The van der Waals surface area contributed by atoms with Gasteiger partial charge in [-0.25, -0.2) is 17.9 Å². The van der Waals surface area contributed by atoms with Gasteiger partial charge >= 0.3 is 5.97 Å². The van der Waals surface area contributed by atoms with Crippen molar-refractivity contribution in [2.45, 2.75) is 37.6 Å². The second kappa shape index (κ2) is 8.79. The van der Waals surface area contributed by atoms with Crippen LogP contribution in [0.5, 0.6) is 0 Å². The van der Waals surface area contributed by atoms with Crippen LogP contribution in [0, 0.1) is 0 Å². The first kappa shape index (κ1) is 20.6. The number of hydrogen-bond donors (Lipinski definition) is 3. The van der Waals surface area contributed by atoms with Crippen LogP contribution in [0.3, 0.4) is 0 Å². The summed E-state index contributed by atoms with van der Waals surface area (Å²) in [6.45, 7) is 1.55. The number of aryl methyl sites for hydroxylation is 1. The quantitative estimate of drug-likeness (QED) is 0.564. The van der Waals surface area contributed by atoms with Crippen LogP contribution in [-0.4, -0.2) is 25.3 Å². The molecule has 0 radical (unpaired) electrons. The number of carboxylic acid groups (broad SMARTS) is 1. The molecule has 0 atom stereocenters. The second-order valence-electron chi connectivity index (χ2n) is 6.24. The monoisotopic (exact) mass is 390 g/mol. The maximum atomic E-state index is 12.5. The van der Waals surface area contributed by atoms with Crippen molar-refractivity contribution < 1.29 is 23.1 Å². The number of carbonyl (C=O) groups is 2. The van der Waals surface area contributed by atoms with E-state index in [2.05, 4.69) is 4.72 Å². The van der Waals surface area contributed by atoms with Crippen molar-refractivity contribution in [3.63, 3.8) is 0 Å². The van der Waals surface area contributed by atoms with Crippen LogP contribution in [0.2, 0.25) is 0 Å². The SMILES string of the molecule is CC(=O)CCCc1cc(S(=O)(=O)NCc2ccc(C(=O)O)cc2)ccc1N. The van der Waals surface area contributed by atoms with Crippen LogP contribution in [-0.2, 0) is 27.8 Å². The van der Waals surface area contributed by atoms with Gasteiger partial charge in [0.15, 0.2) is 0 Å². The number of hydrogen-bond acceptors (Lipinski definition) is 5. The Bertz CT molecular complexity index is 937. The number of nitrogens with one attached hydrogen (secondary N) is 1. The first-order valence-electron chi connectivity index (χ1n) is 8.39. The zero-order valence-corrected chi connectivity index (χ0v) is 15.8. The number of carbonyl (C=O) groups excluding carboxylic acids is 1. The Morgan fingerprint density at radius 3 is 2.37 bits per heavy atom. The summed E-state index contributed by atoms with van der Waals surface area (Å²) in [4.78, 5) is 22.0. The normalized spacial score (nSPS) is 11.3. The predicted octanol–water partition coefficient (Wildman–Crippen LogP) is 2.36. The highest BCUT2D eigenvalue weighted by Crippen LogP contribution is 2.20. The molecule has 0 saturated heterocycles. The van der Waals surface area contributed by atoms with Crippen molar-refractivity contribution in [2.75, 3.05) is 5.73 Å². The molecule has 0 amide bonds. The van der Waals surface area contributed by atoms with Crippen molar-refractivity contribution >= 4 is 27.5 Å². The molecule has 0 aromatic heterocycles. The van der Waals surface area contributed by atoms with Gasteiger partial charge in [-0.1, -0.05) is 12.1 Å². The van der Waals surface area contributed by atoms with E-state index in [0.717, 1.165) is 0 Å². The van der Waals surface area contributed by atoms with E-state index in [1.165, 1.54) is 31.2 Å². The summed E-state index contributed by atoms with van der Waals surface area (Å²) in [6.07, 6.45) is 1.54. The van der Waals surface area contributed by atoms with Crippen LogP contribution < -0.4 is 10.5 Å². The summed E-state index contributed by atoms with van der Waals surface area (Å²) in [5.74, 6) is -0.964. The van der Waals surface area contributed by atoms with E-state index in [9.17, 15) is 18.0 Å². The predicted molar refractivity (Wildman–Crippen MR) is 102 cm³/mol. The van der Waals surface area contributed by atoms with Crippen molar-refractivity contribution in [2.24, 2.45) is 0 Å². The van der Waals surface area contributed by atoms with E-state index in [-0.39, 0.29) is 22.8 Å². The molecule has 4 N–H and O–H groups in total. The summed E-state index contributed by atoms with van der Waals surface area (Å²) < 4.78 is 27.5. The van der Waals surface area contributed by atoms with Crippen molar-refractivity contribution in [3.05, 3.63) is 59.2 Å². The zero-order valence-electron chi connectivity index (χ0n) is 14.9. The first-order chi connectivity index (χ1) is 12.7. The molecule has 2 aromatic carbocycles. The van der Waals surface area contributed by atoms with Crippen molar-refractivity contribution in [3.8, 4) is 0 Å². The minimum atomic E-state index is -3.75. The smallest absolute Gasteiger partial charge is 0.335 e. The van der Waals surface area contributed by atoms with E-state index in [0.29, 0.717) is 36.1 Å². The molecule has 144 valence electrons. The minimum Gasteiger partial charge on any atom is -0.478 e. The Hall–Kier alpha value is -2.71. The molecule has 7 nitrogen and oxygen atoms in total. The zero-order chi connectivity index (χ0) is 20.0. The van der Waals surface area contributed by atoms with Gasteiger partial charge in [0.1, 0.15) is 5.78 Å². The lowest BCUT2D eigenvalue weighted by Gasteiger charge is -2.11. The highest BCUT2D eigenvalue weighted by molar-refractivity contribution is 7.89. The molecule has 0 unspecified atom stereocenters. The maximum absolute atomic E-state index is 12.5. The van der Waals surface area contributed by atoms with E-state index < -0.39 is 16.0 Å². The summed E-state index contributed by atoms with van der Waals surface area (Å²) >= 11 is 0.